The van der Waals surface area contributed by atoms with Crippen LogP contribution in [0.3, 0.4) is 0 Å². The van der Waals surface area contributed by atoms with Crippen molar-refractivity contribution < 1.29 is 17.9 Å². The van der Waals surface area contributed by atoms with Gasteiger partial charge in [0.05, 0.1) is 5.52 Å². The largest absolute Gasteiger partial charge is 0.435 e. The van der Waals surface area contributed by atoms with Gasteiger partial charge in [0, 0.05) is 18.5 Å². The van der Waals surface area contributed by atoms with Crippen LogP contribution in [0, 0.1) is 0 Å². The number of rotatable bonds is 2. The average molecular weight is 299 g/mol. The monoisotopic (exact) mass is 299 g/mol. The third-order valence-electron chi connectivity index (χ3n) is 3.70. The van der Waals surface area contributed by atoms with E-state index in [1.54, 1.807) is 12.1 Å². The molecular weight excluding hydrogens is 283 g/mol. The molecule has 114 valence electrons. The van der Waals surface area contributed by atoms with Crippen molar-refractivity contribution in [2.24, 2.45) is 5.73 Å². The SMILES string of the molecule is NCc1ccc2c(c1)c(C(F)(F)F)nn2C1CCCCO1. The molecule has 0 saturated carbocycles. The van der Waals surface area contributed by atoms with Crippen LogP contribution in [0.5, 0.6) is 0 Å². The Morgan fingerprint density at radius 2 is 2.14 bits per heavy atom. The summed E-state index contributed by atoms with van der Waals surface area (Å²) in [5, 5.41) is 3.87. The highest BCUT2D eigenvalue weighted by molar-refractivity contribution is 5.83. The number of ether oxygens (including phenoxy) is 1. The standard InChI is InChI=1S/C14H16F3N3O/c15-14(16,17)13-10-7-9(8-18)4-5-11(10)20(19-13)12-3-1-2-6-21-12/h4-5,7,12H,1-3,6,8,18H2. The number of aromatic nitrogens is 2. The molecular formula is C14H16F3N3O. The lowest BCUT2D eigenvalue weighted by atomic mass is 10.1. The fourth-order valence-corrected chi connectivity index (χ4v) is 2.66. The molecule has 3 rings (SSSR count). The van der Waals surface area contributed by atoms with Crippen LogP contribution < -0.4 is 5.73 Å². The van der Waals surface area contributed by atoms with Gasteiger partial charge in [-0.2, -0.15) is 18.3 Å². The van der Waals surface area contributed by atoms with Crippen molar-refractivity contribution in [3.8, 4) is 0 Å². The highest BCUT2D eigenvalue weighted by Crippen LogP contribution is 2.36. The number of benzene rings is 1. The Kier molecular flexibility index (Phi) is 3.62. The number of halogens is 3. The van der Waals surface area contributed by atoms with Crippen LogP contribution in [-0.2, 0) is 17.5 Å². The first-order valence-corrected chi connectivity index (χ1v) is 6.90. The molecule has 0 amide bonds. The molecule has 4 nitrogen and oxygen atoms in total. The summed E-state index contributed by atoms with van der Waals surface area (Å²) >= 11 is 0. The normalized spacial score (nSPS) is 20.1. The van der Waals surface area contributed by atoms with Crippen LogP contribution in [-0.4, -0.2) is 16.4 Å². The second-order valence-electron chi connectivity index (χ2n) is 5.17. The summed E-state index contributed by atoms with van der Waals surface area (Å²) in [7, 11) is 0. The minimum absolute atomic E-state index is 0.0830. The maximum absolute atomic E-state index is 13.2. The van der Waals surface area contributed by atoms with E-state index >= 15 is 0 Å². The quantitative estimate of drug-likeness (QED) is 0.926. The van der Waals surface area contributed by atoms with Crippen molar-refractivity contribution in [3.05, 3.63) is 29.5 Å². The predicted molar refractivity (Wildman–Crippen MR) is 71.5 cm³/mol. The molecule has 1 aliphatic rings. The molecule has 1 saturated heterocycles. The van der Waals surface area contributed by atoms with Gasteiger partial charge in [-0.15, -0.1) is 0 Å². The average Bonchev–Trinajstić information content (AvgIpc) is 2.86. The Labute approximate surface area is 119 Å². The predicted octanol–water partition coefficient (Wildman–Crippen LogP) is 3.21. The number of hydrogen-bond acceptors (Lipinski definition) is 3. The summed E-state index contributed by atoms with van der Waals surface area (Å²) in [6.45, 7) is 0.743. The Bertz CT molecular complexity index is 645. The maximum Gasteiger partial charge on any atom is 0.435 e. The highest BCUT2D eigenvalue weighted by Gasteiger charge is 2.37. The van der Waals surface area contributed by atoms with Gasteiger partial charge in [0.25, 0.3) is 0 Å². The maximum atomic E-state index is 13.2. The zero-order valence-electron chi connectivity index (χ0n) is 11.4. The van der Waals surface area contributed by atoms with E-state index in [1.165, 1.54) is 10.7 Å². The lowest BCUT2D eigenvalue weighted by Crippen LogP contribution is -2.20. The van der Waals surface area contributed by atoms with Crippen molar-refractivity contribution in [2.75, 3.05) is 6.61 Å². The van der Waals surface area contributed by atoms with E-state index in [9.17, 15) is 13.2 Å². The first kappa shape index (κ1) is 14.3. The first-order valence-electron chi connectivity index (χ1n) is 6.90. The summed E-state index contributed by atoms with van der Waals surface area (Å²) in [5.74, 6) is 0. The van der Waals surface area contributed by atoms with Gasteiger partial charge in [-0.25, -0.2) is 4.68 Å². The highest BCUT2D eigenvalue weighted by atomic mass is 19.4. The van der Waals surface area contributed by atoms with E-state index < -0.39 is 18.1 Å². The molecule has 1 aromatic heterocycles. The molecule has 1 aromatic carbocycles. The fourth-order valence-electron chi connectivity index (χ4n) is 2.66. The number of hydrogen-bond donors (Lipinski definition) is 1. The molecule has 1 fully saturated rings. The minimum atomic E-state index is -4.49. The first-order chi connectivity index (χ1) is 10.0. The van der Waals surface area contributed by atoms with E-state index in [-0.39, 0.29) is 11.9 Å². The Morgan fingerprint density at radius 1 is 1.33 bits per heavy atom. The Hall–Kier alpha value is -1.60. The minimum Gasteiger partial charge on any atom is -0.356 e. The number of fused-ring (bicyclic) bond motifs is 1. The lowest BCUT2D eigenvalue weighted by molar-refractivity contribution is -0.141. The van der Waals surface area contributed by atoms with Gasteiger partial charge in [-0.3, -0.25) is 0 Å². The van der Waals surface area contributed by atoms with E-state index in [1.807, 2.05) is 0 Å². The van der Waals surface area contributed by atoms with E-state index in [2.05, 4.69) is 5.10 Å². The molecule has 7 heteroatoms. The lowest BCUT2D eigenvalue weighted by Gasteiger charge is -2.23. The summed E-state index contributed by atoms with van der Waals surface area (Å²) < 4.78 is 46.5. The second-order valence-corrected chi connectivity index (χ2v) is 5.17. The zero-order valence-corrected chi connectivity index (χ0v) is 11.4. The summed E-state index contributed by atoms with van der Waals surface area (Å²) in [5.41, 5.74) is 5.73. The Balaban J connectivity index is 2.16. The van der Waals surface area contributed by atoms with Crippen LogP contribution in [0.25, 0.3) is 10.9 Å². The molecule has 2 heterocycles. The number of alkyl halides is 3. The third-order valence-corrected chi connectivity index (χ3v) is 3.70. The van der Waals surface area contributed by atoms with Crippen molar-refractivity contribution in [1.29, 1.82) is 0 Å². The molecule has 2 N–H and O–H groups in total. The number of nitrogens with two attached hydrogens (primary N) is 1. The van der Waals surface area contributed by atoms with Gasteiger partial charge in [0.2, 0.25) is 0 Å². The van der Waals surface area contributed by atoms with Gasteiger partial charge < -0.3 is 10.5 Å². The summed E-state index contributed by atoms with van der Waals surface area (Å²) in [4.78, 5) is 0. The summed E-state index contributed by atoms with van der Waals surface area (Å²) in [6, 6.07) is 4.83. The molecule has 1 aliphatic heterocycles. The van der Waals surface area contributed by atoms with Crippen molar-refractivity contribution in [1.82, 2.24) is 9.78 Å². The van der Waals surface area contributed by atoms with Gasteiger partial charge in [0.15, 0.2) is 11.9 Å². The third kappa shape index (κ3) is 2.63. The van der Waals surface area contributed by atoms with Crippen molar-refractivity contribution in [2.45, 2.75) is 38.2 Å². The van der Waals surface area contributed by atoms with Crippen LogP contribution >= 0.6 is 0 Å². The van der Waals surface area contributed by atoms with Crippen LogP contribution in [0.4, 0.5) is 13.2 Å². The molecule has 0 spiro atoms. The van der Waals surface area contributed by atoms with Crippen molar-refractivity contribution >= 4 is 10.9 Å². The summed E-state index contributed by atoms with van der Waals surface area (Å²) in [6.07, 6.45) is -2.40. The topological polar surface area (TPSA) is 53.1 Å². The molecule has 21 heavy (non-hydrogen) atoms. The molecule has 0 bridgehead atoms. The van der Waals surface area contributed by atoms with Crippen LogP contribution in [0.15, 0.2) is 18.2 Å². The smallest absolute Gasteiger partial charge is 0.356 e. The van der Waals surface area contributed by atoms with Crippen LogP contribution in [0.2, 0.25) is 0 Å². The number of nitrogens with zero attached hydrogens (tertiary/aromatic N) is 2. The van der Waals surface area contributed by atoms with Gasteiger partial charge in [-0.1, -0.05) is 6.07 Å². The molecule has 1 atom stereocenters. The second kappa shape index (κ2) is 5.31. The fraction of sp³-hybridized carbons (Fsp3) is 0.500. The zero-order chi connectivity index (χ0) is 15.0. The van der Waals surface area contributed by atoms with Crippen LogP contribution in [0.1, 0.15) is 36.7 Å². The van der Waals surface area contributed by atoms with E-state index in [4.69, 9.17) is 10.5 Å². The molecule has 1 unspecified atom stereocenters. The van der Waals surface area contributed by atoms with Gasteiger partial charge >= 0.3 is 6.18 Å². The van der Waals surface area contributed by atoms with Gasteiger partial charge in [0.1, 0.15) is 0 Å². The van der Waals surface area contributed by atoms with Gasteiger partial charge in [-0.05, 0) is 37.0 Å². The Morgan fingerprint density at radius 3 is 2.76 bits per heavy atom. The van der Waals surface area contributed by atoms with E-state index in [0.29, 0.717) is 24.1 Å². The molecule has 0 radical (unpaired) electrons. The van der Waals surface area contributed by atoms with E-state index in [0.717, 1.165) is 12.8 Å². The van der Waals surface area contributed by atoms with Crippen molar-refractivity contribution in [3.63, 3.8) is 0 Å². The molecule has 2 aromatic rings. The molecule has 0 aliphatic carbocycles.